The third-order valence-electron chi connectivity index (χ3n) is 2.12. The zero-order valence-corrected chi connectivity index (χ0v) is 11.5. The van der Waals surface area contributed by atoms with Crippen LogP contribution in [-0.4, -0.2) is 26.6 Å². The summed E-state index contributed by atoms with van der Waals surface area (Å²) in [5, 5.41) is 0. The summed E-state index contributed by atoms with van der Waals surface area (Å²) in [6, 6.07) is 0. The molecule has 0 aliphatic carbocycles. The van der Waals surface area contributed by atoms with Gasteiger partial charge < -0.3 is 9.47 Å². The molecule has 1 saturated heterocycles. The van der Waals surface area contributed by atoms with Crippen LogP contribution in [0.3, 0.4) is 0 Å². The molecule has 1 aliphatic heterocycles. The van der Waals surface area contributed by atoms with E-state index in [-0.39, 0.29) is 6.10 Å². The van der Waals surface area contributed by atoms with Crippen LogP contribution in [0.5, 0.6) is 0 Å². The van der Waals surface area contributed by atoms with E-state index in [1.165, 1.54) is 0 Å². The molecule has 1 fully saturated rings. The molecule has 0 spiro atoms. The standard InChI is InChI=1S/C12H22O2Si/c1-12(2)13-10-11(14-12)8-6-7-9-15(3,4)5/h11H,6,8,10H2,1-5H3. The summed E-state index contributed by atoms with van der Waals surface area (Å²) >= 11 is 0. The van der Waals surface area contributed by atoms with Gasteiger partial charge in [0.25, 0.3) is 0 Å². The first kappa shape index (κ1) is 12.8. The van der Waals surface area contributed by atoms with Gasteiger partial charge in [0, 0.05) is 6.42 Å². The molecule has 15 heavy (non-hydrogen) atoms. The van der Waals surface area contributed by atoms with Gasteiger partial charge in [-0.3, -0.25) is 0 Å². The van der Waals surface area contributed by atoms with Gasteiger partial charge in [-0.1, -0.05) is 19.6 Å². The van der Waals surface area contributed by atoms with Crippen LogP contribution >= 0.6 is 0 Å². The average molecular weight is 226 g/mol. The number of rotatable bonds is 2. The maximum Gasteiger partial charge on any atom is 0.163 e. The smallest absolute Gasteiger partial charge is 0.163 e. The molecule has 0 aromatic rings. The third kappa shape index (κ3) is 5.36. The average Bonchev–Trinajstić information content (AvgIpc) is 2.38. The number of hydrogen-bond donors (Lipinski definition) is 0. The van der Waals surface area contributed by atoms with Crippen molar-refractivity contribution in [2.75, 3.05) is 6.61 Å². The lowest BCUT2D eigenvalue weighted by Crippen LogP contribution is -2.21. The Morgan fingerprint density at radius 2 is 2.00 bits per heavy atom. The van der Waals surface area contributed by atoms with Crippen molar-refractivity contribution < 1.29 is 9.47 Å². The quantitative estimate of drug-likeness (QED) is 0.532. The predicted molar refractivity (Wildman–Crippen MR) is 65.3 cm³/mol. The van der Waals surface area contributed by atoms with E-state index >= 15 is 0 Å². The van der Waals surface area contributed by atoms with Gasteiger partial charge in [0.15, 0.2) is 5.79 Å². The van der Waals surface area contributed by atoms with E-state index in [9.17, 15) is 0 Å². The Morgan fingerprint density at radius 1 is 1.33 bits per heavy atom. The Balaban J connectivity index is 2.24. The van der Waals surface area contributed by atoms with Crippen molar-refractivity contribution in [1.82, 2.24) is 0 Å². The van der Waals surface area contributed by atoms with Gasteiger partial charge in [-0.25, -0.2) is 0 Å². The number of hydrogen-bond acceptors (Lipinski definition) is 2. The summed E-state index contributed by atoms with van der Waals surface area (Å²) in [6.45, 7) is 11.4. The van der Waals surface area contributed by atoms with Gasteiger partial charge in [0.1, 0.15) is 8.07 Å². The maximum atomic E-state index is 5.70. The maximum absolute atomic E-state index is 5.70. The SMILES string of the molecule is CC1(C)OCC(CCC#C[Si](C)(C)C)O1. The molecule has 0 N–H and O–H groups in total. The fourth-order valence-electron chi connectivity index (χ4n) is 1.47. The van der Waals surface area contributed by atoms with E-state index in [0.717, 1.165) is 12.8 Å². The highest BCUT2D eigenvalue weighted by Crippen LogP contribution is 2.24. The largest absolute Gasteiger partial charge is 0.348 e. The van der Waals surface area contributed by atoms with Gasteiger partial charge in [-0.15, -0.1) is 11.5 Å². The first-order valence-corrected chi connectivity index (χ1v) is 9.10. The molecule has 0 aromatic carbocycles. The van der Waals surface area contributed by atoms with Gasteiger partial charge in [0.05, 0.1) is 12.7 Å². The lowest BCUT2D eigenvalue weighted by molar-refractivity contribution is -0.138. The summed E-state index contributed by atoms with van der Waals surface area (Å²) in [5.74, 6) is 2.86. The Labute approximate surface area is 94.4 Å². The zero-order chi connectivity index (χ0) is 11.5. The van der Waals surface area contributed by atoms with Crippen molar-refractivity contribution in [3.63, 3.8) is 0 Å². The lowest BCUT2D eigenvalue weighted by Gasteiger charge is -2.16. The summed E-state index contributed by atoms with van der Waals surface area (Å²) in [6.07, 6.45) is 2.14. The van der Waals surface area contributed by atoms with Crippen LogP contribution in [0.15, 0.2) is 0 Å². The van der Waals surface area contributed by atoms with Crippen molar-refractivity contribution in [2.45, 2.75) is 58.2 Å². The molecule has 1 atom stereocenters. The van der Waals surface area contributed by atoms with Crippen LogP contribution in [0.4, 0.5) is 0 Å². The molecule has 86 valence electrons. The molecule has 1 rings (SSSR count). The fraction of sp³-hybridized carbons (Fsp3) is 0.833. The van der Waals surface area contributed by atoms with E-state index < -0.39 is 13.9 Å². The van der Waals surface area contributed by atoms with E-state index in [2.05, 4.69) is 31.1 Å². The van der Waals surface area contributed by atoms with Crippen molar-refractivity contribution in [2.24, 2.45) is 0 Å². The van der Waals surface area contributed by atoms with Gasteiger partial charge in [-0.05, 0) is 20.3 Å². The van der Waals surface area contributed by atoms with Gasteiger partial charge in [-0.2, -0.15) is 0 Å². The van der Waals surface area contributed by atoms with E-state index in [0.29, 0.717) is 6.61 Å². The monoisotopic (exact) mass is 226 g/mol. The zero-order valence-electron chi connectivity index (χ0n) is 10.5. The Morgan fingerprint density at radius 3 is 2.47 bits per heavy atom. The van der Waals surface area contributed by atoms with Crippen LogP contribution in [0.25, 0.3) is 0 Å². The van der Waals surface area contributed by atoms with Gasteiger partial charge >= 0.3 is 0 Å². The normalized spacial score (nSPS) is 24.7. The second-order valence-corrected chi connectivity index (χ2v) is 10.3. The minimum atomic E-state index is -1.20. The lowest BCUT2D eigenvalue weighted by atomic mass is 10.2. The topological polar surface area (TPSA) is 18.5 Å². The highest BCUT2D eigenvalue weighted by atomic mass is 28.3. The Bertz CT molecular complexity index is 268. The summed E-state index contributed by atoms with van der Waals surface area (Å²) < 4.78 is 11.2. The fourth-order valence-corrected chi connectivity index (χ4v) is 2.12. The van der Waals surface area contributed by atoms with Crippen molar-refractivity contribution in [3.8, 4) is 11.5 Å². The van der Waals surface area contributed by atoms with Crippen LogP contribution in [0.1, 0.15) is 26.7 Å². The molecule has 0 bridgehead atoms. The molecule has 0 aromatic heterocycles. The van der Waals surface area contributed by atoms with Crippen molar-refractivity contribution in [1.29, 1.82) is 0 Å². The highest BCUT2D eigenvalue weighted by Gasteiger charge is 2.31. The van der Waals surface area contributed by atoms with Crippen LogP contribution in [0, 0.1) is 11.5 Å². The molecule has 2 nitrogen and oxygen atoms in total. The molecule has 1 unspecified atom stereocenters. The molecular weight excluding hydrogens is 204 g/mol. The first-order valence-electron chi connectivity index (χ1n) is 5.60. The highest BCUT2D eigenvalue weighted by molar-refractivity contribution is 6.83. The minimum absolute atomic E-state index is 0.232. The van der Waals surface area contributed by atoms with Crippen molar-refractivity contribution >= 4 is 8.07 Å². The summed E-state index contributed by atoms with van der Waals surface area (Å²) in [7, 11) is -1.20. The Kier molecular flexibility index (Phi) is 3.99. The molecule has 0 radical (unpaired) electrons. The molecule has 0 amide bonds. The molecule has 3 heteroatoms. The first-order chi connectivity index (χ1) is 6.79. The predicted octanol–water partition coefficient (Wildman–Crippen LogP) is 2.80. The molecule has 0 saturated carbocycles. The van der Waals surface area contributed by atoms with Crippen molar-refractivity contribution in [3.05, 3.63) is 0 Å². The van der Waals surface area contributed by atoms with Crippen LogP contribution < -0.4 is 0 Å². The number of ether oxygens (including phenoxy) is 2. The van der Waals surface area contributed by atoms with Crippen LogP contribution in [0.2, 0.25) is 19.6 Å². The molecular formula is C12H22O2Si. The van der Waals surface area contributed by atoms with E-state index in [4.69, 9.17) is 9.47 Å². The molecule has 1 heterocycles. The Hall–Kier alpha value is -0.303. The second kappa shape index (κ2) is 4.69. The summed E-state index contributed by atoms with van der Waals surface area (Å²) in [4.78, 5) is 0. The van der Waals surface area contributed by atoms with E-state index in [1.807, 2.05) is 13.8 Å². The molecule has 1 aliphatic rings. The summed E-state index contributed by atoms with van der Waals surface area (Å²) in [5.41, 5.74) is 3.36. The van der Waals surface area contributed by atoms with E-state index in [1.54, 1.807) is 0 Å². The van der Waals surface area contributed by atoms with Crippen LogP contribution in [-0.2, 0) is 9.47 Å². The minimum Gasteiger partial charge on any atom is -0.348 e. The third-order valence-corrected chi connectivity index (χ3v) is 3.05. The van der Waals surface area contributed by atoms with Gasteiger partial charge in [0.2, 0.25) is 0 Å². The second-order valence-electron chi connectivity index (χ2n) is 5.54.